The fraction of sp³-hybridized carbons (Fsp3) is 0.267. The number of nitrogens with one attached hydrogen (secondary N) is 4. The number of anilines is 2. The van der Waals surface area contributed by atoms with Gasteiger partial charge in [-0.1, -0.05) is 0 Å². The van der Waals surface area contributed by atoms with Crippen molar-refractivity contribution in [3.63, 3.8) is 0 Å². The average Bonchev–Trinajstić information content (AvgIpc) is 3.54. The number of hydrogen-bond donors (Lipinski definition) is 7. The number of likely N-dealkylation sites (N-methyl/N-ethyl adjacent to an activating group) is 1. The highest BCUT2D eigenvalue weighted by molar-refractivity contribution is 6.03. The number of rotatable bonds is 12. The number of carbonyl (C=O) groups is 2. The third kappa shape index (κ3) is 7.27. The number of amidine groups is 1. The van der Waals surface area contributed by atoms with Gasteiger partial charge in [-0.3, -0.25) is 15.0 Å². The molecule has 2 aromatic heterocycles. The number of nitrogen functional groups attached to an aromatic ring is 1. The minimum absolute atomic E-state index is 0.0442. The van der Waals surface area contributed by atoms with E-state index >= 15 is 0 Å². The monoisotopic (exact) mass is 614 g/mol. The molecule has 0 bridgehead atoms. The number of unbranched alkanes of at least 4 members (excludes halogenated alkanes) is 1. The summed E-state index contributed by atoms with van der Waals surface area (Å²) in [6, 6.07) is 8.62. The minimum Gasteiger partial charge on any atom is -0.504 e. The molecule has 0 spiro atoms. The number of aromatic amines is 1. The van der Waals surface area contributed by atoms with E-state index in [9.17, 15) is 14.7 Å². The molecule has 1 aliphatic heterocycles. The predicted molar refractivity (Wildman–Crippen MR) is 167 cm³/mol. The van der Waals surface area contributed by atoms with E-state index in [1.54, 1.807) is 38.6 Å². The quantitative estimate of drug-likeness (QED) is 0.0696. The number of aromatic hydroxyl groups is 1. The van der Waals surface area contributed by atoms with Crippen LogP contribution in [0.4, 0.5) is 11.5 Å². The Hall–Kier alpha value is -5.70. The second kappa shape index (κ2) is 13.3. The number of benzene rings is 2. The number of hydrogen-bond acceptors (Lipinski definition) is 11. The van der Waals surface area contributed by atoms with Gasteiger partial charge in [0, 0.05) is 37.6 Å². The highest BCUT2D eigenvalue weighted by atomic mass is 16.5. The van der Waals surface area contributed by atoms with Crippen molar-refractivity contribution in [1.82, 2.24) is 24.8 Å². The van der Waals surface area contributed by atoms with Crippen molar-refractivity contribution < 1.29 is 24.2 Å². The van der Waals surface area contributed by atoms with E-state index < -0.39 is 6.04 Å². The van der Waals surface area contributed by atoms with Crippen LogP contribution in [0.25, 0.3) is 11.4 Å². The zero-order valence-electron chi connectivity index (χ0n) is 24.8. The van der Waals surface area contributed by atoms with Gasteiger partial charge in [0.05, 0.1) is 6.42 Å². The largest absolute Gasteiger partial charge is 0.504 e. The van der Waals surface area contributed by atoms with E-state index in [0.717, 1.165) is 6.42 Å². The molecule has 1 unspecified atom stereocenters. The summed E-state index contributed by atoms with van der Waals surface area (Å²) in [4.78, 5) is 43.4. The number of fused-ring (bicyclic) bond motifs is 1. The number of H-pyrrole nitrogens is 1. The van der Waals surface area contributed by atoms with Gasteiger partial charge in [-0.05, 0) is 67.8 Å². The van der Waals surface area contributed by atoms with Crippen LogP contribution in [0.15, 0.2) is 48.8 Å². The van der Waals surface area contributed by atoms with E-state index in [0.29, 0.717) is 47.7 Å². The van der Waals surface area contributed by atoms with Crippen molar-refractivity contribution >= 4 is 29.2 Å². The molecule has 234 valence electrons. The van der Waals surface area contributed by atoms with Crippen molar-refractivity contribution in [1.29, 1.82) is 5.41 Å². The van der Waals surface area contributed by atoms with Gasteiger partial charge in [-0.25, -0.2) is 4.98 Å². The third-order valence-corrected chi connectivity index (χ3v) is 6.96. The van der Waals surface area contributed by atoms with Crippen LogP contribution in [-0.4, -0.2) is 74.3 Å². The Labute approximate surface area is 258 Å². The van der Waals surface area contributed by atoms with Crippen molar-refractivity contribution in [2.24, 2.45) is 11.5 Å². The topological polar surface area (TPSA) is 230 Å². The first-order valence-corrected chi connectivity index (χ1v) is 14.2. The predicted octanol–water partition coefficient (Wildman–Crippen LogP) is 2.93. The summed E-state index contributed by atoms with van der Waals surface area (Å²) in [6.07, 6.45) is 5.37. The lowest BCUT2D eigenvalue weighted by Crippen LogP contribution is -2.39. The lowest BCUT2D eigenvalue weighted by Gasteiger charge is -2.27. The molecule has 9 N–H and O–H groups in total. The van der Waals surface area contributed by atoms with E-state index in [-0.39, 0.29) is 59.0 Å². The van der Waals surface area contributed by atoms with Crippen molar-refractivity contribution in [3.8, 4) is 40.5 Å². The van der Waals surface area contributed by atoms with Gasteiger partial charge in [0.25, 0.3) is 5.88 Å². The maximum Gasteiger partial charge on any atom is 0.327 e. The van der Waals surface area contributed by atoms with E-state index in [1.165, 1.54) is 23.1 Å². The van der Waals surface area contributed by atoms with Crippen LogP contribution >= 0.6 is 0 Å². The van der Waals surface area contributed by atoms with Gasteiger partial charge in [0.1, 0.15) is 29.1 Å². The molecule has 2 amide bonds. The van der Waals surface area contributed by atoms with E-state index in [1.807, 2.05) is 6.07 Å². The molecule has 0 fully saturated rings. The van der Waals surface area contributed by atoms with Crippen LogP contribution < -0.4 is 31.6 Å². The third-order valence-electron chi connectivity index (χ3n) is 6.96. The molecule has 1 aliphatic rings. The van der Waals surface area contributed by atoms with Crippen LogP contribution in [0.1, 0.15) is 30.4 Å². The number of aromatic nitrogens is 4. The molecular weight excluding hydrogens is 580 g/mol. The number of phenolic OH excluding ortho intramolecular Hbond substituents is 1. The number of imidazole rings is 1. The van der Waals surface area contributed by atoms with Crippen LogP contribution in [-0.2, 0) is 16.0 Å². The molecule has 15 nitrogen and oxygen atoms in total. The first-order chi connectivity index (χ1) is 21.6. The number of nitrogens with two attached hydrogens (primary N) is 2. The van der Waals surface area contributed by atoms with Gasteiger partial charge < -0.3 is 46.6 Å². The lowest BCUT2D eigenvalue weighted by molar-refractivity contribution is -0.128. The highest BCUT2D eigenvalue weighted by Crippen LogP contribution is 2.40. The number of phenols is 1. The number of nitrogens with zero attached hydrogens (tertiary/aromatic N) is 4. The SMILES string of the molecule is CN(C)C(=O)Cc1cc(Oc2nc(Oc3cc(C(=N)N)ccc3O)nc3c2NC(=O)C(CCCCN)N3)cc(-c2ncc[nH]2)c1. The molecule has 3 heterocycles. The fourth-order valence-electron chi connectivity index (χ4n) is 4.58. The Bertz CT molecular complexity index is 1720. The summed E-state index contributed by atoms with van der Waals surface area (Å²) in [5.74, 6) is 0.136. The minimum atomic E-state index is -0.597. The standard InChI is InChI=1S/C30H34N10O5/c1-40(2)23(42)13-16-11-18(26-34-9-10-35-26)14-19(12-16)44-29-24-27(36-20(28(43)37-24)5-3-4-8-31)38-30(39-29)45-22-15-17(25(32)33)6-7-21(22)41/h6-7,9-12,14-15,20,41H,3-5,8,13,31H2,1-2H3,(H3,32,33)(H,34,35)(H,37,43)(H,36,38,39). The zero-order valence-corrected chi connectivity index (χ0v) is 24.8. The maximum absolute atomic E-state index is 13.1. The number of amides is 2. The van der Waals surface area contributed by atoms with Crippen molar-refractivity contribution in [2.45, 2.75) is 31.7 Å². The molecular formula is C30H34N10O5. The van der Waals surface area contributed by atoms with Crippen LogP contribution in [0, 0.1) is 5.41 Å². The second-order valence-corrected chi connectivity index (χ2v) is 10.6. The molecule has 5 rings (SSSR count). The van der Waals surface area contributed by atoms with Gasteiger partial charge in [0.2, 0.25) is 11.8 Å². The summed E-state index contributed by atoms with van der Waals surface area (Å²) in [7, 11) is 3.35. The Morgan fingerprint density at radius 3 is 2.67 bits per heavy atom. The van der Waals surface area contributed by atoms with Gasteiger partial charge >= 0.3 is 6.01 Å². The molecule has 0 saturated carbocycles. The van der Waals surface area contributed by atoms with Crippen molar-refractivity contribution in [3.05, 3.63) is 59.9 Å². The number of carbonyl (C=O) groups excluding carboxylic acids is 2. The van der Waals surface area contributed by atoms with Crippen molar-refractivity contribution in [2.75, 3.05) is 31.3 Å². The zero-order chi connectivity index (χ0) is 32.1. The van der Waals surface area contributed by atoms with E-state index in [2.05, 4.69) is 30.6 Å². The molecule has 0 saturated heterocycles. The normalized spacial score (nSPS) is 13.8. The van der Waals surface area contributed by atoms with Crippen LogP contribution in [0.2, 0.25) is 0 Å². The smallest absolute Gasteiger partial charge is 0.327 e. The Balaban J connectivity index is 1.56. The molecule has 2 aromatic carbocycles. The summed E-state index contributed by atoms with van der Waals surface area (Å²) < 4.78 is 12.1. The molecule has 4 aromatic rings. The van der Waals surface area contributed by atoms with E-state index in [4.69, 9.17) is 26.4 Å². The fourth-order valence-corrected chi connectivity index (χ4v) is 4.58. The highest BCUT2D eigenvalue weighted by Gasteiger charge is 2.31. The first kappa shape index (κ1) is 30.7. The Kier molecular flexibility index (Phi) is 9.09. The summed E-state index contributed by atoms with van der Waals surface area (Å²) in [5, 5.41) is 24.1. The second-order valence-electron chi connectivity index (χ2n) is 10.6. The summed E-state index contributed by atoms with van der Waals surface area (Å²) >= 11 is 0. The lowest BCUT2D eigenvalue weighted by atomic mass is 10.1. The maximum atomic E-state index is 13.1. The molecule has 1 atom stereocenters. The Morgan fingerprint density at radius 1 is 1.13 bits per heavy atom. The van der Waals surface area contributed by atoms with Gasteiger partial charge in [-0.15, -0.1) is 0 Å². The summed E-state index contributed by atoms with van der Waals surface area (Å²) in [6.45, 7) is 0.505. The molecule has 0 radical (unpaired) electrons. The first-order valence-electron chi connectivity index (χ1n) is 14.2. The number of ether oxygens (including phenoxy) is 2. The molecule has 45 heavy (non-hydrogen) atoms. The molecule has 0 aliphatic carbocycles. The van der Waals surface area contributed by atoms with Gasteiger partial charge in [0.15, 0.2) is 17.3 Å². The van der Waals surface area contributed by atoms with Crippen LogP contribution in [0.5, 0.6) is 29.1 Å². The molecule has 15 heteroatoms. The Morgan fingerprint density at radius 2 is 1.96 bits per heavy atom. The average molecular weight is 615 g/mol. The van der Waals surface area contributed by atoms with Gasteiger partial charge in [-0.2, -0.15) is 9.97 Å². The van der Waals surface area contributed by atoms with Crippen LogP contribution in [0.3, 0.4) is 0 Å². The summed E-state index contributed by atoms with van der Waals surface area (Å²) in [5.41, 5.74) is 13.1.